The Bertz CT molecular complexity index is 931. The maximum Gasteiger partial charge on any atom is 0.131 e. The number of halogens is 2. The van der Waals surface area contributed by atoms with Gasteiger partial charge in [-0.15, -0.1) is 0 Å². The third kappa shape index (κ3) is 2.91. The second-order valence-electron chi connectivity index (χ2n) is 5.30. The number of para-hydroxylation sites is 1. The lowest BCUT2D eigenvalue weighted by Crippen LogP contribution is -2.12. The van der Waals surface area contributed by atoms with Gasteiger partial charge in [0.25, 0.3) is 0 Å². The van der Waals surface area contributed by atoms with Gasteiger partial charge in [0, 0.05) is 22.6 Å². The molecule has 0 saturated heterocycles. The molecule has 3 aromatic carbocycles. The highest BCUT2D eigenvalue weighted by molar-refractivity contribution is 9.10. The van der Waals surface area contributed by atoms with Crippen LogP contribution in [0.5, 0.6) is 0 Å². The molecule has 0 amide bonds. The quantitative estimate of drug-likeness (QED) is 0.565. The third-order valence-electron chi connectivity index (χ3n) is 3.89. The Hall–Kier alpha value is -2.64. The summed E-state index contributed by atoms with van der Waals surface area (Å²) in [5.74, 6) is -0.338. The van der Waals surface area contributed by atoms with Gasteiger partial charge in [0.1, 0.15) is 11.9 Å². The fourth-order valence-electron chi connectivity index (χ4n) is 2.69. The van der Waals surface area contributed by atoms with E-state index in [2.05, 4.69) is 22.0 Å². The standard InChI is InChI=1S/C20H14BrFN2/c1-24(20-11-5-3-9-17(20)21)19-12-6-8-14(16(19)13-23)15-7-2-4-10-18(15)22/h2-12H,1H3. The Balaban J connectivity index is 2.18. The predicted octanol–water partition coefficient (Wildman–Crippen LogP) is 5.89. The first kappa shape index (κ1) is 16.2. The van der Waals surface area contributed by atoms with E-state index in [0.29, 0.717) is 16.7 Å². The highest BCUT2D eigenvalue weighted by Crippen LogP contribution is 2.36. The summed E-state index contributed by atoms with van der Waals surface area (Å²) < 4.78 is 15.1. The molecule has 3 aromatic rings. The third-order valence-corrected chi connectivity index (χ3v) is 4.56. The van der Waals surface area contributed by atoms with Crippen molar-refractivity contribution in [2.75, 3.05) is 11.9 Å². The molecule has 0 N–H and O–H groups in total. The van der Waals surface area contributed by atoms with Crippen molar-refractivity contribution in [3.8, 4) is 17.2 Å². The smallest absolute Gasteiger partial charge is 0.131 e. The minimum atomic E-state index is -0.338. The monoisotopic (exact) mass is 380 g/mol. The number of anilines is 2. The van der Waals surface area contributed by atoms with Crippen molar-refractivity contribution in [3.63, 3.8) is 0 Å². The van der Waals surface area contributed by atoms with Crippen molar-refractivity contribution in [3.05, 3.63) is 82.6 Å². The van der Waals surface area contributed by atoms with Crippen molar-refractivity contribution >= 4 is 27.3 Å². The van der Waals surface area contributed by atoms with Gasteiger partial charge in [0.05, 0.1) is 16.9 Å². The average molecular weight is 381 g/mol. The highest BCUT2D eigenvalue weighted by Gasteiger charge is 2.17. The van der Waals surface area contributed by atoms with Crippen molar-refractivity contribution in [2.45, 2.75) is 0 Å². The molecule has 2 nitrogen and oxygen atoms in total. The van der Waals surface area contributed by atoms with Crippen LogP contribution >= 0.6 is 15.9 Å². The number of nitriles is 1. The molecule has 0 saturated carbocycles. The van der Waals surface area contributed by atoms with Gasteiger partial charge in [0.15, 0.2) is 0 Å². The van der Waals surface area contributed by atoms with Crippen LogP contribution in [-0.4, -0.2) is 7.05 Å². The Morgan fingerprint density at radius 2 is 1.50 bits per heavy atom. The zero-order chi connectivity index (χ0) is 17.1. The number of rotatable bonds is 3. The molecular formula is C20H14BrFN2. The first-order chi connectivity index (χ1) is 11.6. The number of nitrogens with zero attached hydrogens (tertiary/aromatic N) is 2. The van der Waals surface area contributed by atoms with Crippen molar-refractivity contribution in [1.29, 1.82) is 5.26 Å². The van der Waals surface area contributed by atoms with Gasteiger partial charge in [-0.25, -0.2) is 4.39 Å². The van der Waals surface area contributed by atoms with E-state index in [4.69, 9.17) is 0 Å². The zero-order valence-corrected chi connectivity index (χ0v) is 14.6. The van der Waals surface area contributed by atoms with Crippen LogP contribution in [0, 0.1) is 17.1 Å². The molecule has 0 heterocycles. The van der Waals surface area contributed by atoms with Crippen LogP contribution in [0.25, 0.3) is 11.1 Å². The minimum Gasteiger partial charge on any atom is -0.343 e. The summed E-state index contributed by atoms with van der Waals surface area (Å²) in [6.07, 6.45) is 0. The Labute approximate surface area is 148 Å². The van der Waals surface area contributed by atoms with Crippen LogP contribution in [0.3, 0.4) is 0 Å². The first-order valence-corrected chi connectivity index (χ1v) is 8.19. The van der Waals surface area contributed by atoms with Gasteiger partial charge in [-0.05, 0) is 40.2 Å². The molecule has 0 spiro atoms. The van der Waals surface area contributed by atoms with Gasteiger partial charge >= 0.3 is 0 Å². The fourth-order valence-corrected chi connectivity index (χ4v) is 3.25. The van der Waals surface area contributed by atoms with Gasteiger partial charge < -0.3 is 4.90 Å². The Morgan fingerprint density at radius 3 is 2.21 bits per heavy atom. The van der Waals surface area contributed by atoms with E-state index in [0.717, 1.165) is 15.8 Å². The van der Waals surface area contributed by atoms with Gasteiger partial charge in [-0.2, -0.15) is 5.26 Å². The molecule has 0 unspecified atom stereocenters. The average Bonchev–Trinajstić information content (AvgIpc) is 2.61. The van der Waals surface area contributed by atoms with Crippen LogP contribution < -0.4 is 4.90 Å². The lowest BCUT2D eigenvalue weighted by molar-refractivity contribution is 0.631. The second kappa shape index (κ2) is 6.86. The molecule has 3 rings (SSSR count). The van der Waals surface area contributed by atoms with E-state index in [1.807, 2.05) is 48.3 Å². The molecule has 0 aromatic heterocycles. The molecule has 0 aliphatic rings. The van der Waals surface area contributed by atoms with E-state index < -0.39 is 0 Å². The molecule has 24 heavy (non-hydrogen) atoms. The van der Waals surface area contributed by atoms with Crippen molar-refractivity contribution in [2.24, 2.45) is 0 Å². The molecule has 0 atom stereocenters. The van der Waals surface area contributed by atoms with Crippen LogP contribution in [0.2, 0.25) is 0 Å². The topological polar surface area (TPSA) is 27.0 Å². The molecule has 0 aliphatic heterocycles. The van der Waals surface area contributed by atoms with E-state index in [-0.39, 0.29) is 5.82 Å². The van der Waals surface area contributed by atoms with Crippen molar-refractivity contribution < 1.29 is 4.39 Å². The maximum atomic E-state index is 14.2. The van der Waals surface area contributed by atoms with Gasteiger partial charge in [0.2, 0.25) is 0 Å². The molecule has 0 fully saturated rings. The summed E-state index contributed by atoms with van der Waals surface area (Å²) in [4.78, 5) is 1.92. The summed E-state index contributed by atoms with van der Waals surface area (Å²) >= 11 is 3.53. The summed E-state index contributed by atoms with van der Waals surface area (Å²) in [5.41, 5.74) is 3.12. The van der Waals surface area contributed by atoms with Crippen LogP contribution in [0.1, 0.15) is 5.56 Å². The first-order valence-electron chi connectivity index (χ1n) is 7.39. The van der Waals surface area contributed by atoms with Crippen molar-refractivity contribution in [1.82, 2.24) is 0 Å². The van der Waals surface area contributed by atoms with Crippen LogP contribution in [-0.2, 0) is 0 Å². The van der Waals surface area contributed by atoms with Gasteiger partial charge in [-0.3, -0.25) is 0 Å². The largest absolute Gasteiger partial charge is 0.343 e. The summed E-state index contributed by atoms with van der Waals surface area (Å²) in [7, 11) is 1.89. The highest BCUT2D eigenvalue weighted by atomic mass is 79.9. The van der Waals surface area contributed by atoms with E-state index >= 15 is 0 Å². The van der Waals surface area contributed by atoms with E-state index in [1.54, 1.807) is 24.3 Å². The fraction of sp³-hybridized carbons (Fsp3) is 0.0500. The minimum absolute atomic E-state index is 0.338. The Kier molecular flexibility index (Phi) is 4.64. The molecule has 0 radical (unpaired) electrons. The van der Waals surface area contributed by atoms with Gasteiger partial charge in [-0.1, -0.05) is 42.5 Å². The number of hydrogen-bond acceptors (Lipinski definition) is 2. The summed E-state index contributed by atoms with van der Waals surface area (Å²) in [6, 6.07) is 22.0. The van der Waals surface area contributed by atoms with E-state index in [1.165, 1.54) is 6.07 Å². The number of benzene rings is 3. The van der Waals surface area contributed by atoms with Crippen LogP contribution in [0.15, 0.2) is 71.2 Å². The zero-order valence-electron chi connectivity index (χ0n) is 13.0. The molecule has 118 valence electrons. The summed E-state index contributed by atoms with van der Waals surface area (Å²) in [6.45, 7) is 0. The molecule has 0 bridgehead atoms. The normalized spacial score (nSPS) is 10.2. The Morgan fingerprint density at radius 1 is 0.875 bits per heavy atom. The molecular weight excluding hydrogens is 367 g/mol. The maximum absolute atomic E-state index is 14.2. The SMILES string of the molecule is CN(c1ccccc1Br)c1cccc(-c2ccccc2F)c1C#N. The lowest BCUT2D eigenvalue weighted by atomic mass is 9.98. The predicted molar refractivity (Wildman–Crippen MR) is 98.8 cm³/mol. The van der Waals surface area contributed by atoms with E-state index in [9.17, 15) is 9.65 Å². The molecule has 4 heteroatoms. The van der Waals surface area contributed by atoms with Crippen LogP contribution in [0.4, 0.5) is 15.8 Å². The summed E-state index contributed by atoms with van der Waals surface area (Å²) in [5, 5.41) is 9.71. The number of hydrogen-bond donors (Lipinski definition) is 0. The molecule has 0 aliphatic carbocycles. The lowest BCUT2D eigenvalue weighted by Gasteiger charge is -2.23. The second-order valence-corrected chi connectivity index (χ2v) is 6.16.